The number of cyclic esters (lactones) is 1. The van der Waals surface area contributed by atoms with Gasteiger partial charge in [-0.15, -0.1) is 0 Å². The molecule has 0 bridgehead atoms. The zero-order valence-corrected chi connectivity index (χ0v) is 13.6. The lowest BCUT2D eigenvalue weighted by atomic mass is 10.2. The van der Waals surface area contributed by atoms with Gasteiger partial charge < -0.3 is 18.9 Å². The normalized spacial score (nSPS) is 21.8. The SMILES string of the molecule is O=C1OC(C2CO2)C(OCc2ccccc2)=C1OCc1ccccc1. The molecule has 1 saturated heterocycles. The van der Waals surface area contributed by atoms with E-state index in [9.17, 15) is 4.79 Å². The molecule has 2 aromatic rings. The smallest absolute Gasteiger partial charge is 0.378 e. The summed E-state index contributed by atoms with van der Waals surface area (Å²) >= 11 is 0. The summed E-state index contributed by atoms with van der Waals surface area (Å²) in [5, 5.41) is 0. The second kappa shape index (κ2) is 6.99. The van der Waals surface area contributed by atoms with Crippen molar-refractivity contribution in [3.63, 3.8) is 0 Å². The van der Waals surface area contributed by atoms with Crippen LogP contribution in [-0.2, 0) is 37.0 Å². The molecule has 2 heterocycles. The van der Waals surface area contributed by atoms with E-state index >= 15 is 0 Å². The lowest BCUT2D eigenvalue weighted by Crippen LogP contribution is -2.20. The van der Waals surface area contributed by atoms with Crippen LogP contribution in [0.3, 0.4) is 0 Å². The largest absolute Gasteiger partial charge is 0.485 e. The molecular formula is C20H18O5. The number of rotatable bonds is 7. The maximum absolute atomic E-state index is 12.2. The number of carbonyl (C=O) groups excluding carboxylic acids is 1. The van der Waals surface area contributed by atoms with Gasteiger partial charge in [0.25, 0.3) is 0 Å². The summed E-state index contributed by atoms with van der Waals surface area (Å²) in [7, 11) is 0. The predicted octanol–water partition coefficient (Wildman–Crippen LogP) is 2.96. The molecule has 2 aliphatic rings. The van der Waals surface area contributed by atoms with E-state index in [0.717, 1.165) is 11.1 Å². The molecule has 128 valence electrons. The van der Waals surface area contributed by atoms with Crippen LogP contribution in [0.25, 0.3) is 0 Å². The molecule has 0 saturated carbocycles. The van der Waals surface area contributed by atoms with Crippen LogP contribution < -0.4 is 0 Å². The van der Waals surface area contributed by atoms with Crippen molar-refractivity contribution in [1.82, 2.24) is 0 Å². The Kier molecular flexibility index (Phi) is 4.39. The van der Waals surface area contributed by atoms with E-state index < -0.39 is 12.1 Å². The van der Waals surface area contributed by atoms with Gasteiger partial charge in [-0.2, -0.15) is 0 Å². The zero-order valence-electron chi connectivity index (χ0n) is 13.6. The molecule has 1 fully saturated rings. The third-order valence-electron chi connectivity index (χ3n) is 4.06. The molecule has 0 aromatic heterocycles. The monoisotopic (exact) mass is 338 g/mol. The van der Waals surface area contributed by atoms with Gasteiger partial charge in [0.1, 0.15) is 19.3 Å². The summed E-state index contributed by atoms with van der Waals surface area (Å²) in [4.78, 5) is 12.2. The van der Waals surface area contributed by atoms with Crippen LogP contribution in [0.15, 0.2) is 72.2 Å². The average molecular weight is 338 g/mol. The van der Waals surface area contributed by atoms with Crippen molar-refractivity contribution in [1.29, 1.82) is 0 Å². The van der Waals surface area contributed by atoms with Crippen molar-refractivity contribution in [2.45, 2.75) is 25.4 Å². The van der Waals surface area contributed by atoms with E-state index in [1.54, 1.807) is 0 Å². The second-order valence-electron chi connectivity index (χ2n) is 5.94. The summed E-state index contributed by atoms with van der Waals surface area (Å²) in [6.07, 6.45) is -0.672. The summed E-state index contributed by atoms with van der Waals surface area (Å²) in [5.74, 6) is 0.0621. The number of ether oxygens (including phenoxy) is 4. The number of esters is 1. The Balaban J connectivity index is 1.51. The maximum Gasteiger partial charge on any atom is 0.378 e. The Morgan fingerprint density at radius 3 is 2.00 bits per heavy atom. The van der Waals surface area contributed by atoms with Crippen molar-refractivity contribution < 1.29 is 23.7 Å². The highest BCUT2D eigenvalue weighted by molar-refractivity contribution is 5.89. The van der Waals surface area contributed by atoms with Gasteiger partial charge in [0.05, 0.1) is 6.61 Å². The minimum atomic E-state index is -0.526. The van der Waals surface area contributed by atoms with E-state index in [1.165, 1.54) is 0 Å². The third-order valence-corrected chi connectivity index (χ3v) is 4.06. The van der Waals surface area contributed by atoms with Crippen LogP contribution >= 0.6 is 0 Å². The Hall–Kier alpha value is -2.79. The summed E-state index contributed by atoms with van der Waals surface area (Å²) in [5.41, 5.74) is 1.98. The van der Waals surface area contributed by atoms with Crippen LogP contribution in [0.1, 0.15) is 11.1 Å². The number of carbonyl (C=O) groups is 1. The van der Waals surface area contributed by atoms with Gasteiger partial charge in [0, 0.05) is 0 Å². The summed E-state index contributed by atoms with van der Waals surface area (Å²) < 4.78 is 22.3. The molecule has 5 heteroatoms. The molecule has 4 rings (SSSR count). The molecule has 5 nitrogen and oxygen atoms in total. The van der Waals surface area contributed by atoms with E-state index in [-0.39, 0.29) is 18.5 Å². The fourth-order valence-corrected chi connectivity index (χ4v) is 2.67. The zero-order chi connectivity index (χ0) is 17.1. The molecule has 2 aliphatic heterocycles. The van der Waals surface area contributed by atoms with Gasteiger partial charge in [0.15, 0.2) is 11.9 Å². The number of hydrogen-bond donors (Lipinski definition) is 0. The fourth-order valence-electron chi connectivity index (χ4n) is 2.67. The minimum Gasteiger partial charge on any atom is -0.485 e. The molecule has 0 spiro atoms. The van der Waals surface area contributed by atoms with Crippen LogP contribution in [-0.4, -0.2) is 24.8 Å². The molecule has 25 heavy (non-hydrogen) atoms. The highest BCUT2D eigenvalue weighted by Crippen LogP contribution is 2.33. The molecule has 0 amide bonds. The van der Waals surface area contributed by atoms with Crippen LogP contribution in [0, 0.1) is 0 Å². The quantitative estimate of drug-likeness (QED) is 0.574. The predicted molar refractivity (Wildman–Crippen MR) is 89.1 cm³/mol. The minimum absolute atomic E-state index is 0.139. The first-order valence-electron chi connectivity index (χ1n) is 8.21. The molecule has 0 N–H and O–H groups in total. The number of hydrogen-bond acceptors (Lipinski definition) is 5. The van der Waals surface area contributed by atoms with Crippen molar-refractivity contribution in [2.24, 2.45) is 0 Å². The Morgan fingerprint density at radius 2 is 1.44 bits per heavy atom. The second-order valence-corrected chi connectivity index (χ2v) is 5.94. The number of epoxide rings is 1. The first kappa shape index (κ1) is 15.7. The standard InChI is InChI=1S/C20H18O5/c21-20-19(24-12-15-9-5-2-6-10-15)18(17(25-20)16-13-22-16)23-11-14-7-3-1-4-8-14/h1-10,16-17H,11-13H2. The number of benzene rings is 2. The van der Waals surface area contributed by atoms with E-state index in [4.69, 9.17) is 18.9 Å². The maximum atomic E-state index is 12.2. The van der Waals surface area contributed by atoms with Crippen molar-refractivity contribution in [2.75, 3.05) is 6.61 Å². The molecule has 0 aliphatic carbocycles. The van der Waals surface area contributed by atoms with Gasteiger partial charge in [-0.05, 0) is 11.1 Å². The highest BCUT2D eigenvalue weighted by atomic mass is 16.7. The average Bonchev–Trinajstić information content (AvgIpc) is 3.45. The Morgan fingerprint density at radius 1 is 0.880 bits per heavy atom. The first-order valence-corrected chi connectivity index (χ1v) is 8.21. The van der Waals surface area contributed by atoms with Crippen LogP contribution in [0.4, 0.5) is 0 Å². The molecule has 2 unspecified atom stereocenters. The van der Waals surface area contributed by atoms with Gasteiger partial charge in [-0.1, -0.05) is 60.7 Å². The van der Waals surface area contributed by atoms with Crippen LogP contribution in [0.2, 0.25) is 0 Å². The van der Waals surface area contributed by atoms with Gasteiger partial charge in [0.2, 0.25) is 5.76 Å². The molecule has 2 aromatic carbocycles. The van der Waals surface area contributed by atoms with E-state index in [0.29, 0.717) is 19.0 Å². The van der Waals surface area contributed by atoms with E-state index in [1.807, 2.05) is 60.7 Å². The lowest BCUT2D eigenvalue weighted by molar-refractivity contribution is -0.144. The molecule has 0 radical (unpaired) electrons. The fraction of sp³-hybridized carbons (Fsp3) is 0.250. The van der Waals surface area contributed by atoms with Gasteiger partial charge >= 0.3 is 5.97 Å². The van der Waals surface area contributed by atoms with Crippen LogP contribution in [0.5, 0.6) is 0 Å². The molecule has 2 atom stereocenters. The lowest BCUT2D eigenvalue weighted by Gasteiger charge is -2.13. The van der Waals surface area contributed by atoms with Crippen molar-refractivity contribution >= 4 is 5.97 Å². The molecular weight excluding hydrogens is 320 g/mol. The highest BCUT2D eigenvalue weighted by Gasteiger charge is 2.48. The van der Waals surface area contributed by atoms with Gasteiger partial charge in [-0.3, -0.25) is 0 Å². The van der Waals surface area contributed by atoms with Crippen molar-refractivity contribution in [3.8, 4) is 0 Å². The third kappa shape index (κ3) is 3.67. The Labute approximate surface area is 145 Å². The van der Waals surface area contributed by atoms with Crippen molar-refractivity contribution in [3.05, 3.63) is 83.3 Å². The Bertz CT molecular complexity index is 765. The van der Waals surface area contributed by atoms with E-state index in [2.05, 4.69) is 0 Å². The van der Waals surface area contributed by atoms with Gasteiger partial charge in [-0.25, -0.2) is 4.79 Å². The summed E-state index contributed by atoms with van der Waals surface area (Å²) in [6.45, 7) is 1.18. The summed E-state index contributed by atoms with van der Waals surface area (Å²) in [6, 6.07) is 19.4. The first-order chi connectivity index (χ1) is 12.3. The topological polar surface area (TPSA) is 57.3 Å².